The molecule has 0 saturated heterocycles. The molecule has 0 spiro atoms. The maximum Gasteiger partial charge on any atom is 0.00967 e. The number of hydrogen-bond acceptors (Lipinski definition) is 2. The van der Waals surface area contributed by atoms with Crippen LogP contribution in [-0.2, 0) is 0 Å². The van der Waals surface area contributed by atoms with Crippen LogP contribution in [0.3, 0.4) is 0 Å². The van der Waals surface area contributed by atoms with Crippen molar-refractivity contribution in [2.24, 2.45) is 5.41 Å². The third-order valence-electron chi connectivity index (χ3n) is 2.95. The van der Waals surface area contributed by atoms with Gasteiger partial charge in [-0.05, 0) is 50.5 Å². The number of rotatable bonds is 8. The molecule has 0 rings (SSSR count). The summed E-state index contributed by atoms with van der Waals surface area (Å²) in [5.74, 6) is 2.55. The van der Waals surface area contributed by atoms with Crippen LogP contribution in [0, 0.1) is 5.41 Å². The molecule has 1 atom stereocenters. The van der Waals surface area contributed by atoms with E-state index in [1.54, 1.807) is 0 Å². The van der Waals surface area contributed by atoms with Crippen LogP contribution in [0.25, 0.3) is 0 Å². The zero-order valence-corrected chi connectivity index (χ0v) is 13.0. The molecule has 2 heteroatoms. The van der Waals surface area contributed by atoms with Gasteiger partial charge >= 0.3 is 0 Å². The van der Waals surface area contributed by atoms with E-state index in [1.165, 1.54) is 30.8 Å². The Bertz CT molecular complexity index is 174. The van der Waals surface area contributed by atoms with Crippen LogP contribution in [0.4, 0.5) is 0 Å². The first-order valence-electron chi connectivity index (χ1n) is 6.66. The highest BCUT2D eigenvalue weighted by Crippen LogP contribution is 2.29. The first-order chi connectivity index (χ1) is 7.33. The predicted molar refractivity (Wildman–Crippen MR) is 78.4 cm³/mol. The van der Waals surface area contributed by atoms with Crippen LogP contribution in [0.2, 0.25) is 0 Å². The third-order valence-corrected chi connectivity index (χ3v) is 3.85. The molecule has 0 fully saturated rings. The van der Waals surface area contributed by atoms with Gasteiger partial charge < -0.3 is 5.32 Å². The topological polar surface area (TPSA) is 12.0 Å². The fourth-order valence-corrected chi connectivity index (χ4v) is 2.77. The molecule has 0 aliphatic heterocycles. The summed E-state index contributed by atoms with van der Waals surface area (Å²) in [5, 5.41) is 3.66. The van der Waals surface area contributed by atoms with E-state index in [2.05, 4.69) is 58.6 Å². The zero-order valence-electron chi connectivity index (χ0n) is 12.2. The Morgan fingerprint density at radius 2 is 1.62 bits per heavy atom. The molecule has 0 amide bonds. The van der Waals surface area contributed by atoms with Crippen molar-refractivity contribution >= 4 is 11.8 Å². The molecule has 0 aliphatic rings. The van der Waals surface area contributed by atoms with Crippen LogP contribution in [-0.4, -0.2) is 23.6 Å². The standard InChI is InChI=1S/C14H31NS/c1-7-9-14(6,10-11-16-8-2)12-15-13(3,4)5/h15H,7-12H2,1-6H3. The monoisotopic (exact) mass is 245 g/mol. The maximum absolute atomic E-state index is 3.66. The molecule has 0 aromatic heterocycles. The van der Waals surface area contributed by atoms with Crippen LogP contribution in [0.15, 0.2) is 0 Å². The SMILES string of the molecule is CCCC(C)(CCSCC)CNC(C)(C)C. The molecular weight excluding hydrogens is 214 g/mol. The van der Waals surface area contributed by atoms with Crippen molar-refractivity contribution in [3.05, 3.63) is 0 Å². The van der Waals surface area contributed by atoms with Gasteiger partial charge in [-0.2, -0.15) is 11.8 Å². The lowest BCUT2D eigenvalue weighted by Crippen LogP contribution is -2.43. The molecule has 98 valence electrons. The Kier molecular flexibility index (Phi) is 7.75. The Morgan fingerprint density at radius 3 is 2.06 bits per heavy atom. The summed E-state index contributed by atoms with van der Waals surface area (Å²) in [4.78, 5) is 0. The molecule has 1 N–H and O–H groups in total. The van der Waals surface area contributed by atoms with Crippen molar-refractivity contribution in [3.8, 4) is 0 Å². The first-order valence-corrected chi connectivity index (χ1v) is 7.81. The summed E-state index contributed by atoms with van der Waals surface area (Å²) in [7, 11) is 0. The molecule has 0 heterocycles. The quantitative estimate of drug-likeness (QED) is 0.639. The molecule has 0 aromatic carbocycles. The summed E-state index contributed by atoms with van der Waals surface area (Å²) >= 11 is 2.07. The number of thioether (sulfide) groups is 1. The van der Waals surface area contributed by atoms with Gasteiger partial charge in [-0.3, -0.25) is 0 Å². The molecular formula is C14H31NS. The van der Waals surface area contributed by atoms with E-state index in [0.29, 0.717) is 5.41 Å². The van der Waals surface area contributed by atoms with Crippen LogP contribution >= 0.6 is 11.8 Å². The molecule has 1 unspecified atom stereocenters. The van der Waals surface area contributed by atoms with Crippen molar-refractivity contribution in [2.45, 2.75) is 66.3 Å². The van der Waals surface area contributed by atoms with E-state index < -0.39 is 0 Å². The van der Waals surface area contributed by atoms with Gasteiger partial charge in [-0.25, -0.2) is 0 Å². The van der Waals surface area contributed by atoms with Gasteiger partial charge in [0.1, 0.15) is 0 Å². The van der Waals surface area contributed by atoms with Gasteiger partial charge in [0.2, 0.25) is 0 Å². The van der Waals surface area contributed by atoms with E-state index >= 15 is 0 Å². The Hall–Kier alpha value is 0.310. The maximum atomic E-state index is 3.66. The fourth-order valence-electron chi connectivity index (χ4n) is 1.85. The average molecular weight is 245 g/mol. The lowest BCUT2D eigenvalue weighted by Gasteiger charge is -2.33. The van der Waals surface area contributed by atoms with Gasteiger partial charge in [0.15, 0.2) is 0 Å². The lowest BCUT2D eigenvalue weighted by atomic mass is 9.82. The Balaban J connectivity index is 4.10. The highest BCUT2D eigenvalue weighted by Gasteiger charge is 2.24. The minimum atomic E-state index is 0.243. The number of hydrogen-bond donors (Lipinski definition) is 1. The summed E-state index contributed by atoms with van der Waals surface area (Å²) in [5.41, 5.74) is 0.719. The minimum Gasteiger partial charge on any atom is -0.312 e. The summed E-state index contributed by atoms with van der Waals surface area (Å²) < 4.78 is 0. The molecule has 1 nitrogen and oxygen atoms in total. The van der Waals surface area contributed by atoms with Gasteiger partial charge in [-0.15, -0.1) is 0 Å². The van der Waals surface area contributed by atoms with Crippen molar-refractivity contribution in [1.29, 1.82) is 0 Å². The molecule has 0 aliphatic carbocycles. The summed E-state index contributed by atoms with van der Waals surface area (Å²) in [6.07, 6.45) is 3.96. The van der Waals surface area contributed by atoms with Crippen LogP contribution in [0.5, 0.6) is 0 Å². The van der Waals surface area contributed by atoms with Crippen molar-refractivity contribution in [1.82, 2.24) is 5.32 Å². The first kappa shape index (κ1) is 16.3. The average Bonchev–Trinajstić information content (AvgIpc) is 2.15. The minimum absolute atomic E-state index is 0.243. The Morgan fingerprint density at radius 1 is 1.00 bits per heavy atom. The second-order valence-electron chi connectivity index (χ2n) is 6.11. The second-order valence-corrected chi connectivity index (χ2v) is 7.50. The van der Waals surface area contributed by atoms with E-state index in [4.69, 9.17) is 0 Å². The van der Waals surface area contributed by atoms with Crippen molar-refractivity contribution < 1.29 is 0 Å². The summed E-state index contributed by atoms with van der Waals surface area (Å²) in [6.45, 7) is 14.9. The predicted octanol–water partition coefficient (Wildman–Crippen LogP) is 4.32. The third kappa shape index (κ3) is 8.46. The van der Waals surface area contributed by atoms with Crippen LogP contribution in [0.1, 0.15) is 60.8 Å². The lowest BCUT2D eigenvalue weighted by molar-refractivity contribution is 0.239. The highest BCUT2D eigenvalue weighted by molar-refractivity contribution is 7.99. The molecule has 0 aromatic rings. The van der Waals surface area contributed by atoms with E-state index in [1.807, 2.05) is 0 Å². The van der Waals surface area contributed by atoms with E-state index in [-0.39, 0.29) is 5.54 Å². The van der Waals surface area contributed by atoms with Crippen molar-refractivity contribution in [2.75, 3.05) is 18.1 Å². The van der Waals surface area contributed by atoms with Crippen LogP contribution < -0.4 is 5.32 Å². The molecule has 16 heavy (non-hydrogen) atoms. The molecule has 0 bridgehead atoms. The Labute approximate surface area is 107 Å². The largest absolute Gasteiger partial charge is 0.312 e. The molecule has 0 radical (unpaired) electrons. The number of nitrogens with one attached hydrogen (secondary N) is 1. The smallest absolute Gasteiger partial charge is 0.00967 e. The van der Waals surface area contributed by atoms with Gasteiger partial charge in [-0.1, -0.05) is 27.2 Å². The second kappa shape index (κ2) is 7.60. The van der Waals surface area contributed by atoms with Crippen molar-refractivity contribution in [3.63, 3.8) is 0 Å². The zero-order chi connectivity index (χ0) is 12.7. The van der Waals surface area contributed by atoms with Gasteiger partial charge in [0.05, 0.1) is 0 Å². The van der Waals surface area contributed by atoms with Gasteiger partial charge in [0, 0.05) is 12.1 Å². The summed E-state index contributed by atoms with van der Waals surface area (Å²) in [6, 6.07) is 0. The van der Waals surface area contributed by atoms with E-state index in [9.17, 15) is 0 Å². The van der Waals surface area contributed by atoms with E-state index in [0.717, 1.165) is 6.54 Å². The molecule has 0 saturated carbocycles. The highest BCUT2D eigenvalue weighted by atomic mass is 32.2. The van der Waals surface area contributed by atoms with Gasteiger partial charge in [0.25, 0.3) is 0 Å². The normalized spacial score (nSPS) is 16.1. The fraction of sp³-hybridized carbons (Fsp3) is 1.00.